The van der Waals surface area contributed by atoms with E-state index in [0.29, 0.717) is 16.5 Å². The Balaban J connectivity index is 1.32. The van der Waals surface area contributed by atoms with Crippen LogP contribution in [-0.2, 0) is 4.79 Å². The lowest BCUT2D eigenvalue weighted by Gasteiger charge is -2.20. The van der Waals surface area contributed by atoms with Crippen LogP contribution < -0.4 is 15.0 Å². The van der Waals surface area contributed by atoms with Crippen LogP contribution in [0.3, 0.4) is 0 Å². The number of ether oxygens (including phenoxy) is 1. The average molecular weight is 465 g/mol. The van der Waals surface area contributed by atoms with Crippen LogP contribution >= 0.6 is 11.6 Å². The van der Waals surface area contributed by atoms with Crippen molar-refractivity contribution in [3.8, 4) is 17.0 Å². The zero-order valence-corrected chi connectivity index (χ0v) is 19.9. The summed E-state index contributed by atoms with van der Waals surface area (Å²) in [5.74, 6) is 1.34. The molecule has 172 valence electrons. The third kappa shape index (κ3) is 6.02. The van der Waals surface area contributed by atoms with Crippen molar-refractivity contribution >= 4 is 29.0 Å². The Bertz CT molecular complexity index is 1070. The maximum absolute atomic E-state index is 12.3. The van der Waals surface area contributed by atoms with E-state index in [1.165, 1.54) is 25.7 Å². The number of nitrogens with one attached hydrogen (secondary N) is 1. The van der Waals surface area contributed by atoms with Gasteiger partial charge in [0, 0.05) is 29.4 Å². The summed E-state index contributed by atoms with van der Waals surface area (Å²) in [7, 11) is 0. The maximum Gasteiger partial charge on any atom is 0.262 e. The second kappa shape index (κ2) is 10.7. The van der Waals surface area contributed by atoms with Crippen molar-refractivity contribution in [2.75, 3.05) is 29.9 Å². The van der Waals surface area contributed by atoms with Crippen molar-refractivity contribution in [1.82, 2.24) is 10.2 Å². The summed E-state index contributed by atoms with van der Waals surface area (Å²) in [5.41, 5.74) is 4.30. The summed E-state index contributed by atoms with van der Waals surface area (Å²) in [4.78, 5) is 14.6. The highest BCUT2D eigenvalue weighted by molar-refractivity contribution is 6.32. The number of anilines is 2. The summed E-state index contributed by atoms with van der Waals surface area (Å²) in [5, 5.41) is 12.4. The van der Waals surface area contributed by atoms with Crippen LogP contribution in [0.5, 0.6) is 5.75 Å². The van der Waals surface area contributed by atoms with Gasteiger partial charge < -0.3 is 15.0 Å². The molecule has 7 heteroatoms. The van der Waals surface area contributed by atoms with E-state index in [4.69, 9.17) is 16.3 Å². The van der Waals surface area contributed by atoms with Crippen molar-refractivity contribution < 1.29 is 9.53 Å². The lowest BCUT2D eigenvalue weighted by molar-refractivity contribution is -0.118. The summed E-state index contributed by atoms with van der Waals surface area (Å²) < 4.78 is 5.63. The normalized spacial score (nSPS) is 14.0. The van der Waals surface area contributed by atoms with Crippen LogP contribution in [0.15, 0.2) is 48.5 Å². The van der Waals surface area contributed by atoms with E-state index in [1.54, 1.807) is 0 Å². The zero-order valence-electron chi connectivity index (χ0n) is 19.1. The highest BCUT2D eigenvalue weighted by Crippen LogP contribution is 2.26. The SMILES string of the molecule is Cc1cc(OCC(=O)Nc2ccc(-c3ccc(N4CCCCCC4)nn3)cc2)cc(C)c1Cl. The van der Waals surface area contributed by atoms with E-state index >= 15 is 0 Å². The third-order valence-electron chi connectivity index (χ3n) is 5.82. The summed E-state index contributed by atoms with van der Waals surface area (Å²) in [6, 6.07) is 15.3. The van der Waals surface area contributed by atoms with Gasteiger partial charge in [-0.15, -0.1) is 10.2 Å². The van der Waals surface area contributed by atoms with Crippen molar-refractivity contribution in [2.45, 2.75) is 39.5 Å². The minimum atomic E-state index is -0.227. The molecular formula is C26H29ClN4O2. The number of nitrogens with zero attached hydrogens (tertiary/aromatic N) is 3. The molecule has 0 aliphatic carbocycles. The molecule has 1 aromatic heterocycles. The second-order valence-corrected chi connectivity index (χ2v) is 8.84. The quantitative estimate of drug-likeness (QED) is 0.498. The number of rotatable bonds is 6. The molecular weight excluding hydrogens is 436 g/mol. The fourth-order valence-corrected chi connectivity index (χ4v) is 4.12. The van der Waals surface area contributed by atoms with Crippen LogP contribution in [-0.4, -0.2) is 35.8 Å². The van der Waals surface area contributed by atoms with E-state index in [0.717, 1.165) is 41.3 Å². The minimum Gasteiger partial charge on any atom is -0.484 e. The van der Waals surface area contributed by atoms with E-state index in [9.17, 15) is 4.79 Å². The Kier molecular flexibility index (Phi) is 7.45. The van der Waals surface area contributed by atoms with Crippen LogP contribution in [0.25, 0.3) is 11.3 Å². The average Bonchev–Trinajstić information content (AvgIpc) is 3.11. The van der Waals surface area contributed by atoms with Gasteiger partial charge in [-0.05, 0) is 74.2 Å². The first-order chi connectivity index (χ1) is 16.0. The van der Waals surface area contributed by atoms with Crippen molar-refractivity contribution in [2.24, 2.45) is 0 Å². The molecule has 1 N–H and O–H groups in total. The molecule has 0 radical (unpaired) electrons. The zero-order chi connectivity index (χ0) is 23.2. The van der Waals surface area contributed by atoms with Crippen molar-refractivity contribution in [1.29, 1.82) is 0 Å². The number of hydrogen-bond acceptors (Lipinski definition) is 5. The lowest BCUT2D eigenvalue weighted by atomic mass is 10.1. The molecule has 0 spiro atoms. The highest BCUT2D eigenvalue weighted by atomic mass is 35.5. The van der Waals surface area contributed by atoms with Gasteiger partial charge >= 0.3 is 0 Å². The molecule has 4 rings (SSSR count). The first-order valence-electron chi connectivity index (χ1n) is 11.4. The molecule has 2 heterocycles. The van der Waals surface area contributed by atoms with Gasteiger partial charge in [-0.3, -0.25) is 4.79 Å². The standard InChI is InChI=1S/C26H29ClN4O2/c1-18-15-22(16-19(2)26(18)27)33-17-25(32)28-21-9-7-20(8-10-21)23-11-12-24(30-29-23)31-13-5-3-4-6-14-31/h7-12,15-16H,3-6,13-14,17H2,1-2H3,(H,28,32). The topological polar surface area (TPSA) is 67.3 Å². The molecule has 33 heavy (non-hydrogen) atoms. The molecule has 2 aromatic carbocycles. The smallest absolute Gasteiger partial charge is 0.262 e. The van der Waals surface area contributed by atoms with Gasteiger partial charge in [-0.2, -0.15) is 0 Å². The number of carbonyl (C=O) groups excluding carboxylic acids is 1. The largest absolute Gasteiger partial charge is 0.484 e. The molecule has 0 unspecified atom stereocenters. The molecule has 1 aliphatic heterocycles. The number of carbonyl (C=O) groups is 1. The van der Waals surface area contributed by atoms with E-state index in [1.807, 2.05) is 62.4 Å². The fourth-order valence-electron chi connectivity index (χ4n) is 4.01. The van der Waals surface area contributed by atoms with E-state index in [-0.39, 0.29) is 12.5 Å². The molecule has 0 atom stereocenters. The van der Waals surface area contributed by atoms with Gasteiger partial charge in [-0.1, -0.05) is 36.6 Å². The maximum atomic E-state index is 12.3. The number of aromatic nitrogens is 2. The number of aryl methyl sites for hydroxylation is 2. The minimum absolute atomic E-state index is 0.0777. The monoisotopic (exact) mass is 464 g/mol. The third-order valence-corrected chi connectivity index (χ3v) is 6.42. The number of halogens is 1. The van der Waals surface area contributed by atoms with Crippen LogP contribution in [0.1, 0.15) is 36.8 Å². The number of hydrogen-bond donors (Lipinski definition) is 1. The van der Waals surface area contributed by atoms with Gasteiger partial charge in [0.1, 0.15) is 5.75 Å². The van der Waals surface area contributed by atoms with Crippen LogP contribution in [0.2, 0.25) is 5.02 Å². The Morgan fingerprint density at radius 1 is 0.970 bits per heavy atom. The van der Waals surface area contributed by atoms with Gasteiger partial charge in [0.25, 0.3) is 5.91 Å². The molecule has 0 bridgehead atoms. The van der Waals surface area contributed by atoms with Crippen molar-refractivity contribution in [3.05, 3.63) is 64.7 Å². The molecule has 1 saturated heterocycles. The molecule has 1 amide bonds. The Morgan fingerprint density at radius 3 is 2.24 bits per heavy atom. The predicted molar refractivity (Wildman–Crippen MR) is 133 cm³/mol. The Morgan fingerprint density at radius 2 is 1.64 bits per heavy atom. The summed E-state index contributed by atoms with van der Waals surface area (Å²) in [6.45, 7) is 5.84. The Labute approximate surface area is 199 Å². The summed E-state index contributed by atoms with van der Waals surface area (Å²) in [6.07, 6.45) is 5.00. The molecule has 1 aliphatic rings. The number of benzene rings is 2. The van der Waals surface area contributed by atoms with Gasteiger partial charge in [0.15, 0.2) is 12.4 Å². The second-order valence-electron chi connectivity index (χ2n) is 8.46. The first kappa shape index (κ1) is 23.1. The first-order valence-corrected chi connectivity index (χ1v) is 11.8. The number of amides is 1. The van der Waals surface area contributed by atoms with Crippen LogP contribution in [0.4, 0.5) is 11.5 Å². The van der Waals surface area contributed by atoms with Crippen molar-refractivity contribution in [3.63, 3.8) is 0 Å². The summed E-state index contributed by atoms with van der Waals surface area (Å²) >= 11 is 6.18. The van der Waals surface area contributed by atoms with Gasteiger partial charge in [0.2, 0.25) is 0 Å². The fraction of sp³-hybridized carbons (Fsp3) is 0.346. The lowest BCUT2D eigenvalue weighted by Crippen LogP contribution is -2.25. The van der Waals surface area contributed by atoms with E-state index < -0.39 is 0 Å². The van der Waals surface area contributed by atoms with Gasteiger partial charge in [-0.25, -0.2) is 0 Å². The molecule has 3 aromatic rings. The molecule has 6 nitrogen and oxygen atoms in total. The van der Waals surface area contributed by atoms with Crippen LogP contribution in [0, 0.1) is 13.8 Å². The molecule has 0 saturated carbocycles. The predicted octanol–water partition coefficient (Wildman–Crippen LogP) is 5.81. The van der Waals surface area contributed by atoms with Gasteiger partial charge in [0.05, 0.1) is 5.69 Å². The highest BCUT2D eigenvalue weighted by Gasteiger charge is 2.12. The van der Waals surface area contributed by atoms with E-state index in [2.05, 4.69) is 20.4 Å². The Hall–Kier alpha value is -3.12. The molecule has 1 fully saturated rings.